The molecule has 0 N–H and O–H groups in total. The highest BCUT2D eigenvalue weighted by Gasteiger charge is 2.19. The largest absolute Gasteiger partial charge is 0.462 e. The van der Waals surface area contributed by atoms with Gasteiger partial charge in [0, 0.05) is 5.39 Å². The van der Waals surface area contributed by atoms with Gasteiger partial charge in [0.2, 0.25) is 0 Å². The number of ether oxygens (including phenoxy) is 1. The van der Waals surface area contributed by atoms with Crippen molar-refractivity contribution in [3.05, 3.63) is 40.8 Å². The Balaban J connectivity index is 2.12. The fourth-order valence-corrected chi connectivity index (χ4v) is 2.53. The van der Waals surface area contributed by atoms with Crippen molar-refractivity contribution in [3.8, 4) is 5.82 Å². The lowest BCUT2D eigenvalue weighted by Crippen LogP contribution is -2.08. The van der Waals surface area contributed by atoms with E-state index in [1.165, 1.54) is 11.3 Å². The molecule has 0 saturated carbocycles. The Morgan fingerprint density at radius 2 is 2.26 bits per heavy atom. The minimum absolute atomic E-state index is 0.343. The molecule has 2 aromatic heterocycles. The minimum Gasteiger partial charge on any atom is -0.462 e. The van der Waals surface area contributed by atoms with Crippen molar-refractivity contribution in [2.45, 2.75) is 6.92 Å². The highest BCUT2D eigenvalue weighted by molar-refractivity contribution is 7.12. The van der Waals surface area contributed by atoms with E-state index in [0.717, 1.165) is 10.9 Å². The second-order valence-electron chi connectivity index (χ2n) is 3.84. The average Bonchev–Trinajstić information content (AvgIpc) is 3.05. The molecule has 0 aliphatic rings. The third-order valence-electron chi connectivity index (χ3n) is 2.69. The van der Waals surface area contributed by atoms with Gasteiger partial charge < -0.3 is 4.74 Å². The summed E-state index contributed by atoms with van der Waals surface area (Å²) in [7, 11) is 0. The monoisotopic (exact) mass is 273 g/mol. The van der Waals surface area contributed by atoms with Gasteiger partial charge in [-0.2, -0.15) is 5.10 Å². The first-order chi connectivity index (χ1) is 9.31. The summed E-state index contributed by atoms with van der Waals surface area (Å²) in [6, 6.07) is 7.78. The van der Waals surface area contributed by atoms with Gasteiger partial charge in [0.15, 0.2) is 10.7 Å². The summed E-state index contributed by atoms with van der Waals surface area (Å²) in [6.45, 7) is 2.12. The van der Waals surface area contributed by atoms with Crippen molar-refractivity contribution in [2.24, 2.45) is 0 Å². The predicted octanol–water partition coefficient (Wildman–Crippen LogP) is 2.66. The van der Waals surface area contributed by atoms with Crippen molar-refractivity contribution < 1.29 is 9.53 Å². The number of carbonyl (C=O) groups is 1. The first kappa shape index (κ1) is 11.9. The molecule has 3 aromatic rings. The molecule has 5 nitrogen and oxygen atoms in total. The van der Waals surface area contributed by atoms with Crippen LogP contribution in [-0.4, -0.2) is 27.3 Å². The number of carbonyl (C=O) groups excluding carboxylic acids is 1. The molecule has 0 aliphatic carbocycles. The van der Waals surface area contributed by atoms with Crippen LogP contribution in [0.4, 0.5) is 0 Å². The molecule has 0 aliphatic heterocycles. The van der Waals surface area contributed by atoms with E-state index >= 15 is 0 Å². The molecule has 19 heavy (non-hydrogen) atoms. The van der Waals surface area contributed by atoms with Crippen LogP contribution in [0.1, 0.15) is 16.6 Å². The summed E-state index contributed by atoms with van der Waals surface area (Å²) >= 11 is 1.26. The summed E-state index contributed by atoms with van der Waals surface area (Å²) in [5.41, 5.74) is 2.54. The van der Waals surface area contributed by atoms with Gasteiger partial charge in [0.25, 0.3) is 0 Å². The lowest BCUT2D eigenvalue weighted by Gasteiger charge is -2.03. The summed E-state index contributed by atoms with van der Waals surface area (Å²) < 4.78 is 6.69. The molecule has 6 heteroatoms. The number of benzene rings is 1. The maximum Gasteiger partial charge on any atom is 0.352 e. The SMILES string of the molecule is CCOC(=O)c1scnc1-n1ncc2ccccc21. The van der Waals surface area contributed by atoms with Crippen molar-refractivity contribution >= 4 is 28.2 Å². The molecule has 0 saturated heterocycles. The Morgan fingerprint density at radius 1 is 1.42 bits per heavy atom. The predicted molar refractivity (Wildman–Crippen MR) is 72.7 cm³/mol. The zero-order chi connectivity index (χ0) is 13.2. The van der Waals surface area contributed by atoms with E-state index in [0.29, 0.717) is 17.3 Å². The second kappa shape index (κ2) is 4.81. The fourth-order valence-electron chi connectivity index (χ4n) is 1.87. The molecule has 0 fully saturated rings. The van der Waals surface area contributed by atoms with E-state index in [1.807, 2.05) is 24.3 Å². The Kier molecular flexibility index (Phi) is 3.00. The van der Waals surface area contributed by atoms with Gasteiger partial charge in [0.1, 0.15) is 0 Å². The highest BCUT2D eigenvalue weighted by atomic mass is 32.1. The number of hydrogen-bond donors (Lipinski definition) is 0. The van der Waals surface area contributed by atoms with Gasteiger partial charge in [-0.3, -0.25) is 0 Å². The quantitative estimate of drug-likeness (QED) is 0.688. The molecule has 0 amide bonds. The van der Waals surface area contributed by atoms with Crippen molar-refractivity contribution in [3.63, 3.8) is 0 Å². The number of hydrogen-bond acceptors (Lipinski definition) is 5. The van der Waals surface area contributed by atoms with Crippen LogP contribution in [0.2, 0.25) is 0 Å². The van der Waals surface area contributed by atoms with Crippen LogP contribution in [0.15, 0.2) is 36.0 Å². The number of aromatic nitrogens is 3. The molecule has 96 valence electrons. The number of para-hydroxylation sites is 1. The first-order valence-electron chi connectivity index (χ1n) is 5.85. The Morgan fingerprint density at radius 3 is 3.11 bits per heavy atom. The summed E-state index contributed by atoms with van der Waals surface area (Å²) in [6.07, 6.45) is 1.75. The van der Waals surface area contributed by atoms with Gasteiger partial charge in [0.05, 0.1) is 23.8 Å². The van der Waals surface area contributed by atoms with Crippen molar-refractivity contribution in [1.29, 1.82) is 0 Å². The van der Waals surface area contributed by atoms with Crippen molar-refractivity contribution in [1.82, 2.24) is 14.8 Å². The van der Waals surface area contributed by atoms with Gasteiger partial charge in [-0.05, 0) is 13.0 Å². The molecular formula is C13H11N3O2S. The molecule has 0 bridgehead atoms. The van der Waals surface area contributed by atoms with Crippen LogP contribution in [-0.2, 0) is 4.74 Å². The zero-order valence-electron chi connectivity index (χ0n) is 10.2. The van der Waals surface area contributed by atoms with E-state index in [9.17, 15) is 4.79 Å². The topological polar surface area (TPSA) is 57.0 Å². The highest BCUT2D eigenvalue weighted by Crippen LogP contribution is 2.23. The van der Waals surface area contributed by atoms with Crippen LogP contribution in [0.3, 0.4) is 0 Å². The second-order valence-corrected chi connectivity index (χ2v) is 4.70. The van der Waals surface area contributed by atoms with Crippen LogP contribution < -0.4 is 0 Å². The summed E-state index contributed by atoms with van der Waals surface area (Å²) in [4.78, 5) is 16.6. The lowest BCUT2D eigenvalue weighted by molar-refractivity contribution is 0.0532. The smallest absolute Gasteiger partial charge is 0.352 e. The van der Waals surface area contributed by atoms with E-state index in [-0.39, 0.29) is 5.97 Å². The minimum atomic E-state index is -0.361. The number of thiazole rings is 1. The maximum atomic E-state index is 11.9. The Labute approximate surface area is 113 Å². The molecule has 3 rings (SSSR count). The molecule has 0 unspecified atom stereocenters. The average molecular weight is 273 g/mol. The molecule has 1 aromatic carbocycles. The van der Waals surface area contributed by atoms with E-state index < -0.39 is 0 Å². The standard InChI is InChI=1S/C13H11N3O2S/c1-2-18-13(17)11-12(14-8-19-11)16-10-6-4-3-5-9(10)7-15-16/h3-8H,2H2,1H3. The number of rotatable bonds is 3. The van der Waals surface area contributed by atoms with Gasteiger partial charge >= 0.3 is 5.97 Å². The third kappa shape index (κ3) is 2.00. The van der Waals surface area contributed by atoms with Crippen molar-refractivity contribution in [2.75, 3.05) is 6.61 Å². The van der Waals surface area contributed by atoms with Crippen LogP contribution in [0.5, 0.6) is 0 Å². The van der Waals surface area contributed by atoms with Gasteiger partial charge in [-0.15, -0.1) is 11.3 Å². The molecule has 0 atom stereocenters. The normalized spacial score (nSPS) is 10.8. The molecular weight excluding hydrogens is 262 g/mol. The first-order valence-corrected chi connectivity index (χ1v) is 6.73. The van der Waals surface area contributed by atoms with E-state index in [2.05, 4.69) is 10.1 Å². The van der Waals surface area contributed by atoms with Crippen LogP contribution in [0.25, 0.3) is 16.7 Å². The molecule has 2 heterocycles. The zero-order valence-corrected chi connectivity index (χ0v) is 11.1. The van der Waals surface area contributed by atoms with E-state index in [4.69, 9.17) is 4.74 Å². The van der Waals surface area contributed by atoms with E-state index in [1.54, 1.807) is 23.3 Å². The Hall–Kier alpha value is -2.21. The molecule has 0 spiro atoms. The number of nitrogens with zero attached hydrogens (tertiary/aromatic N) is 3. The lowest BCUT2D eigenvalue weighted by atomic mass is 10.2. The van der Waals surface area contributed by atoms with Gasteiger partial charge in [-0.1, -0.05) is 18.2 Å². The molecule has 0 radical (unpaired) electrons. The number of fused-ring (bicyclic) bond motifs is 1. The number of esters is 1. The van der Waals surface area contributed by atoms with Gasteiger partial charge in [-0.25, -0.2) is 14.5 Å². The summed E-state index contributed by atoms with van der Waals surface area (Å²) in [5, 5.41) is 5.30. The maximum absolute atomic E-state index is 11.9. The summed E-state index contributed by atoms with van der Waals surface area (Å²) in [5.74, 6) is 0.157. The Bertz CT molecular complexity index is 732. The van der Waals surface area contributed by atoms with Crippen LogP contribution in [0, 0.1) is 0 Å². The fraction of sp³-hybridized carbons (Fsp3) is 0.154. The van der Waals surface area contributed by atoms with Crippen LogP contribution >= 0.6 is 11.3 Å². The third-order valence-corrected chi connectivity index (χ3v) is 3.48.